The van der Waals surface area contributed by atoms with Crippen molar-refractivity contribution < 1.29 is 27.0 Å². The van der Waals surface area contributed by atoms with E-state index in [0.29, 0.717) is 34.5 Å². The largest absolute Gasteiger partial charge is 0.494 e. The van der Waals surface area contributed by atoms with Crippen LogP contribution >= 0.6 is 0 Å². The van der Waals surface area contributed by atoms with Crippen molar-refractivity contribution >= 4 is 9.84 Å². The molecule has 0 amide bonds. The third-order valence-corrected chi connectivity index (χ3v) is 7.50. The van der Waals surface area contributed by atoms with Crippen LogP contribution in [-0.4, -0.2) is 59.7 Å². The van der Waals surface area contributed by atoms with Gasteiger partial charge in [-0.05, 0) is 31.2 Å². The molecule has 0 saturated heterocycles. The van der Waals surface area contributed by atoms with Gasteiger partial charge in [-0.15, -0.1) is 10.2 Å². The van der Waals surface area contributed by atoms with E-state index < -0.39 is 20.8 Å². The molecule has 1 atom stereocenters. The summed E-state index contributed by atoms with van der Waals surface area (Å²) in [5.41, 5.74) is 0.914. The van der Waals surface area contributed by atoms with Crippen LogP contribution in [0.2, 0.25) is 0 Å². The molecule has 12 heteroatoms. The minimum absolute atomic E-state index is 0.122. The van der Waals surface area contributed by atoms with Gasteiger partial charge in [-0.25, -0.2) is 13.4 Å². The maximum absolute atomic E-state index is 13.4. The van der Waals surface area contributed by atoms with Crippen LogP contribution in [0.1, 0.15) is 18.4 Å². The maximum Gasteiger partial charge on any atom is 0.235 e. The summed E-state index contributed by atoms with van der Waals surface area (Å²) in [5, 5.41) is 7.66. The molecule has 0 saturated carbocycles. The minimum atomic E-state index is -3.72. The zero-order chi connectivity index (χ0) is 25.0. The Kier molecular flexibility index (Phi) is 7.01. The summed E-state index contributed by atoms with van der Waals surface area (Å²) in [6.07, 6.45) is 4.61. The van der Waals surface area contributed by atoms with Gasteiger partial charge < -0.3 is 18.6 Å². The number of ether oxygens (including phenoxy) is 3. The number of aromatic nitrogens is 5. The monoisotopic (exact) mass is 499 g/mol. The normalized spacial score (nSPS) is 12.3. The van der Waals surface area contributed by atoms with Gasteiger partial charge in [0.2, 0.25) is 11.7 Å². The van der Waals surface area contributed by atoms with Gasteiger partial charge in [0, 0.05) is 18.8 Å². The lowest BCUT2D eigenvalue weighted by molar-refractivity contribution is 0.388. The lowest BCUT2D eigenvalue weighted by atomic mass is 10.2. The fourth-order valence-electron chi connectivity index (χ4n) is 3.65. The fourth-order valence-corrected chi connectivity index (χ4v) is 4.89. The number of sulfone groups is 1. The highest BCUT2D eigenvalue weighted by Crippen LogP contribution is 2.37. The summed E-state index contributed by atoms with van der Waals surface area (Å²) >= 11 is 0. The zero-order valence-electron chi connectivity index (χ0n) is 19.7. The Hall–Kier alpha value is -3.93. The van der Waals surface area contributed by atoms with Crippen LogP contribution in [0.4, 0.5) is 0 Å². The number of nitrogens with zero attached hydrogens (tertiary/aromatic N) is 5. The van der Waals surface area contributed by atoms with E-state index in [0.717, 1.165) is 0 Å². The van der Waals surface area contributed by atoms with Gasteiger partial charge >= 0.3 is 0 Å². The van der Waals surface area contributed by atoms with Gasteiger partial charge in [0.25, 0.3) is 0 Å². The first kappa shape index (κ1) is 24.2. The highest BCUT2D eigenvalue weighted by Gasteiger charge is 2.30. The number of benzene rings is 1. The van der Waals surface area contributed by atoms with Crippen molar-refractivity contribution in [2.24, 2.45) is 0 Å². The summed E-state index contributed by atoms with van der Waals surface area (Å²) in [6.45, 7) is 1.61. The molecule has 0 aliphatic rings. The molecular weight excluding hydrogens is 474 g/mol. The Bertz CT molecular complexity index is 1380. The van der Waals surface area contributed by atoms with Gasteiger partial charge in [0.1, 0.15) is 28.6 Å². The molecule has 11 nitrogen and oxygen atoms in total. The van der Waals surface area contributed by atoms with E-state index in [-0.39, 0.29) is 18.1 Å². The summed E-state index contributed by atoms with van der Waals surface area (Å²) in [5.74, 6) is 1.69. The zero-order valence-corrected chi connectivity index (χ0v) is 20.5. The van der Waals surface area contributed by atoms with E-state index in [9.17, 15) is 8.42 Å². The Morgan fingerprint density at radius 2 is 1.69 bits per heavy atom. The summed E-state index contributed by atoms with van der Waals surface area (Å²) in [4.78, 5) is 8.32. The highest BCUT2D eigenvalue weighted by molar-refractivity contribution is 7.91. The van der Waals surface area contributed by atoms with Crippen LogP contribution in [0, 0.1) is 0 Å². The first-order valence-electron chi connectivity index (χ1n) is 10.6. The summed E-state index contributed by atoms with van der Waals surface area (Å²) in [6, 6.07) is 8.67. The molecule has 0 aliphatic carbocycles. The number of hydrogen-bond acceptors (Lipinski definition) is 10. The smallest absolute Gasteiger partial charge is 0.235 e. The molecule has 184 valence electrons. The van der Waals surface area contributed by atoms with Crippen LogP contribution in [-0.2, 0) is 22.0 Å². The van der Waals surface area contributed by atoms with Gasteiger partial charge in [-0.2, -0.15) is 0 Å². The third kappa shape index (κ3) is 4.83. The Balaban J connectivity index is 1.78. The van der Waals surface area contributed by atoms with Crippen molar-refractivity contribution in [2.45, 2.75) is 24.3 Å². The first-order chi connectivity index (χ1) is 16.9. The molecular formula is C23H25N5O6S. The third-order valence-electron chi connectivity index (χ3n) is 5.45. The molecule has 0 unspecified atom stereocenters. The second-order valence-electron chi connectivity index (χ2n) is 7.60. The lowest BCUT2D eigenvalue weighted by Gasteiger charge is -2.18. The van der Waals surface area contributed by atoms with Crippen molar-refractivity contribution in [2.75, 3.05) is 21.3 Å². The van der Waals surface area contributed by atoms with E-state index in [1.54, 1.807) is 41.8 Å². The molecule has 0 N–H and O–H groups in total. The Labute approximate surface area is 202 Å². The van der Waals surface area contributed by atoms with E-state index in [4.69, 9.17) is 18.6 Å². The molecule has 0 radical (unpaired) electrons. The maximum atomic E-state index is 13.4. The molecule has 0 fully saturated rings. The molecule has 4 rings (SSSR count). The predicted octanol–water partition coefficient (Wildman–Crippen LogP) is 2.89. The quantitative estimate of drug-likeness (QED) is 0.321. The number of rotatable bonds is 10. The second-order valence-corrected chi connectivity index (χ2v) is 10.0. The van der Waals surface area contributed by atoms with Crippen molar-refractivity contribution in [3.05, 3.63) is 60.5 Å². The molecule has 35 heavy (non-hydrogen) atoms. The summed E-state index contributed by atoms with van der Waals surface area (Å²) < 4.78 is 50.3. The fraction of sp³-hybridized carbons (Fsp3) is 0.304. The molecule has 3 heterocycles. The first-order valence-corrected chi connectivity index (χ1v) is 12.4. The standard InChI is InChI=1S/C23H25N5O6S/c1-15(13-16-23(33-4)25-11-10-24-16)35(29,30)14-20-26-27-22(19-9-6-12-34-19)28(20)21-17(31-2)7-5-8-18(21)32-3/h5-12,15H,13-14H2,1-4H3/t15-/m1/s1. The van der Waals surface area contributed by atoms with Crippen LogP contribution in [0.15, 0.2) is 53.4 Å². The number of furan rings is 1. The van der Waals surface area contributed by atoms with Gasteiger partial charge in [-0.1, -0.05) is 6.07 Å². The molecule has 0 bridgehead atoms. The number of hydrogen-bond donors (Lipinski definition) is 0. The van der Waals surface area contributed by atoms with Gasteiger partial charge in [-0.3, -0.25) is 9.55 Å². The van der Waals surface area contributed by atoms with E-state index in [2.05, 4.69) is 20.2 Å². The van der Waals surface area contributed by atoms with E-state index in [1.807, 2.05) is 0 Å². The van der Waals surface area contributed by atoms with Crippen LogP contribution in [0.25, 0.3) is 17.3 Å². The average Bonchev–Trinajstić information content (AvgIpc) is 3.53. The molecule has 1 aromatic carbocycles. The molecule has 0 aliphatic heterocycles. The number of para-hydroxylation sites is 1. The average molecular weight is 500 g/mol. The molecule has 0 spiro atoms. The van der Waals surface area contributed by atoms with Crippen LogP contribution < -0.4 is 14.2 Å². The van der Waals surface area contributed by atoms with Gasteiger partial charge in [0.05, 0.1) is 32.8 Å². The van der Waals surface area contributed by atoms with Crippen molar-refractivity contribution in [1.82, 2.24) is 24.7 Å². The minimum Gasteiger partial charge on any atom is -0.494 e. The highest BCUT2D eigenvalue weighted by atomic mass is 32.2. The Morgan fingerprint density at radius 1 is 0.971 bits per heavy atom. The van der Waals surface area contributed by atoms with Crippen LogP contribution in [0.3, 0.4) is 0 Å². The lowest BCUT2D eigenvalue weighted by Crippen LogP contribution is -2.24. The molecule has 3 aromatic heterocycles. The Morgan fingerprint density at radius 3 is 2.31 bits per heavy atom. The van der Waals surface area contributed by atoms with E-state index in [1.165, 1.54) is 40.0 Å². The van der Waals surface area contributed by atoms with E-state index >= 15 is 0 Å². The molecule has 4 aromatic rings. The predicted molar refractivity (Wildman–Crippen MR) is 127 cm³/mol. The summed E-state index contributed by atoms with van der Waals surface area (Å²) in [7, 11) is 0.775. The number of methoxy groups -OCH3 is 3. The van der Waals surface area contributed by atoms with Crippen molar-refractivity contribution in [3.63, 3.8) is 0 Å². The van der Waals surface area contributed by atoms with Crippen molar-refractivity contribution in [3.8, 4) is 34.7 Å². The SMILES string of the molecule is COc1cccc(OC)c1-n1c(CS(=O)(=O)[C@H](C)Cc2nccnc2OC)nnc1-c1ccco1. The topological polar surface area (TPSA) is 131 Å². The second kappa shape index (κ2) is 10.1. The van der Waals surface area contributed by atoms with Crippen LogP contribution in [0.5, 0.6) is 17.4 Å². The van der Waals surface area contributed by atoms with Crippen molar-refractivity contribution in [1.29, 1.82) is 0 Å². The van der Waals surface area contributed by atoms with Gasteiger partial charge in [0.15, 0.2) is 21.4 Å².